The average molecular weight is 447 g/mol. The summed E-state index contributed by atoms with van der Waals surface area (Å²) in [4.78, 5) is 15.3. The van der Waals surface area contributed by atoms with E-state index in [1.54, 1.807) is 30.3 Å². The lowest BCUT2D eigenvalue weighted by Gasteiger charge is -2.38. The highest BCUT2D eigenvalue weighted by Crippen LogP contribution is 2.28. The molecular weight excluding hydrogens is 426 g/mol. The van der Waals surface area contributed by atoms with Gasteiger partial charge in [-0.3, -0.25) is 4.18 Å². The van der Waals surface area contributed by atoms with Crippen molar-refractivity contribution in [1.82, 2.24) is 0 Å². The molecule has 4 atom stereocenters. The summed E-state index contributed by atoms with van der Waals surface area (Å²) in [5, 5.41) is 3.58. The highest BCUT2D eigenvalue weighted by molar-refractivity contribution is 7.86. The number of aryl methyl sites for hydroxylation is 1. The molecule has 1 fully saturated rings. The topological polar surface area (TPSA) is 137 Å². The number of methoxy groups -OCH3 is 1. The number of nitrogens with zero attached hydrogens (tertiary/aromatic N) is 3. The van der Waals surface area contributed by atoms with Crippen LogP contribution in [0.5, 0.6) is 0 Å². The SMILES string of the molecule is COC1OCC(N=[N+]=[N-])C(OS(=O)(=O)c2ccc(C)cc2)C1OC(=O)c1ccccc1. The lowest BCUT2D eigenvalue weighted by molar-refractivity contribution is -0.232. The Labute approximate surface area is 179 Å². The highest BCUT2D eigenvalue weighted by Gasteiger charge is 2.46. The lowest BCUT2D eigenvalue weighted by atomic mass is 10.0. The summed E-state index contributed by atoms with van der Waals surface area (Å²) < 4.78 is 47.4. The zero-order valence-electron chi connectivity index (χ0n) is 16.8. The fraction of sp³-hybridized carbons (Fsp3) is 0.350. The number of rotatable bonds is 7. The van der Waals surface area contributed by atoms with Crippen molar-refractivity contribution in [2.75, 3.05) is 13.7 Å². The van der Waals surface area contributed by atoms with Crippen molar-refractivity contribution in [1.29, 1.82) is 0 Å². The zero-order chi connectivity index (χ0) is 22.4. The minimum Gasteiger partial charge on any atom is -0.450 e. The van der Waals surface area contributed by atoms with Gasteiger partial charge >= 0.3 is 5.97 Å². The van der Waals surface area contributed by atoms with Gasteiger partial charge in [0.15, 0.2) is 12.4 Å². The molecule has 1 heterocycles. The number of azide groups is 1. The second-order valence-corrected chi connectivity index (χ2v) is 8.35. The molecule has 4 unspecified atom stereocenters. The zero-order valence-corrected chi connectivity index (χ0v) is 17.6. The van der Waals surface area contributed by atoms with E-state index >= 15 is 0 Å². The summed E-state index contributed by atoms with van der Waals surface area (Å²) in [6, 6.07) is 13.1. The van der Waals surface area contributed by atoms with E-state index < -0.39 is 40.6 Å². The molecular formula is C20H21N3O7S. The second-order valence-electron chi connectivity index (χ2n) is 6.77. The Balaban J connectivity index is 1.94. The Morgan fingerprint density at radius 1 is 1.13 bits per heavy atom. The van der Waals surface area contributed by atoms with Crippen LogP contribution in [0.25, 0.3) is 10.4 Å². The first-order valence-corrected chi connectivity index (χ1v) is 10.7. The van der Waals surface area contributed by atoms with Gasteiger partial charge in [-0.1, -0.05) is 41.0 Å². The van der Waals surface area contributed by atoms with Crippen LogP contribution in [0, 0.1) is 6.92 Å². The van der Waals surface area contributed by atoms with E-state index in [0.29, 0.717) is 0 Å². The van der Waals surface area contributed by atoms with Crippen molar-refractivity contribution in [3.05, 3.63) is 76.2 Å². The Morgan fingerprint density at radius 3 is 2.42 bits per heavy atom. The number of carbonyl (C=O) groups is 1. The second kappa shape index (κ2) is 9.90. The monoisotopic (exact) mass is 447 g/mol. The van der Waals surface area contributed by atoms with Gasteiger partial charge in [-0.2, -0.15) is 8.42 Å². The number of benzene rings is 2. The molecule has 0 aliphatic carbocycles. The Hall–Kier alpha value is -2.95. The fourth-order valence-corrected chi connectivity index (χ4v) is 4.15. The van der Waals surface area contributed by atoms with Crippen LogP contribution in [-0.2, 0) is 28.5 Å². The van der Waals surface area contributed by atoms with E-state index in [0.717, 1.165) is 5.56 Å². The molecule has 2 aromatic carbocycles. The first-order valence-electron chi connectivity index (χ1n) is 9.30. The van der Waals surface area contributed by atoms with Crippen LogP contribution in [0.2, 0.25) is 0 Å². The maximum Gasteiger partial charge on any atom is 0.338 e. The first-order chi connectivity index (χ1) is 14.9. The third-order valence-electron chi connectivity index (χ3n) is 4.63. The highest BCUT2D eigenvalue weighted by atomic mass is 32.2. The van der Waals surface area contributed by atoms with Gasteiger partial charge < -0.3 is 14.2 Å². The quantitative estimate of drug-likeness (QED) is 0.209. The molecule has 0 radical (unpaired) electrons. The van der Waals surface area contributed by atoms with Crippen molar-refractivity contribution in [3.63, 3.8) is 0 Å². The maximum absolute atomic E-state index is 12.9. The van der Waals surface area contributed by atoms with Crippen LogP contribution in [-0.4, -0.2) is 52.6 Å². The average Bonchev–Trinajstić information content (AvgIpc) is 2.77. The van der Waals surface area contributed by atoms with Crippen LogP contribution in [0.15, 0.2) is 64.6 Å². The van der Waals surface area contributed by atoms with Crippen LogP contribution in [0.1, 0.15) is 15.9 Å². The summed E-state index contributed by atoms with van der Waals surface area (Å²) in [7, 11) is -2.97. The standard InChI is InChI=1S/C20H21N3O7S/c1-13-8-10-15(11-9-13)31(25,26)30-17-16(22-23-21)12-28-20(27-2)18(17)29-19(24)14-6-4-3-5-7-14/h3-11,16-18,20H,12H2,1-2H3. The maximum atomic E-state index is 12.9. The number of esters is 1. The van der Waals surface area contributed by atoms with E-state index in [-0.39, 0.29) is 17.1 Å². The minimum absolute atomic E-state index is 0.0913. The Kier molecular flexibility index (Phi) is 7.26. The van der Waals surface area contributed by atoms with Crippen molar-refractivity contribution < 1.29 is 31.6 Å². The van der Waals surface area contributed by atoms with Gasteiger partial charge in [0, 0.05) is 12.0 Å². The number of ether oxygens (including phenoxy) is 3. The summed E-state index contributed by atoms with van der Waals surface area (Å²) in [5.74, 6) is -0.737. The molecule has 10 nitrogen and oxygen atoms in total. The summed E-state index contributed by atoms with van der Waals surface area (Å²) in [6.07, 6.45) is -3.81. The van der Waals surface area contributed by atoms with E-state index in [4.69, 9.17) is 23.9 Å². The van der Waals surface area contributed by atoms with Gasteiger partial charge in [0.2, 0.25) is 0 Å². The molecule has 0 aromatic heterocycles. The number of hydrogen-bond donors (Lipinski definition) is 0. The van der Waals surface area contributed by atoms with Crippen LogP contribution < -0.4 is 0 Å². The van der Waals surface area contributed by atoms with Crippen molar-refractivity contribution >= 4 is 16.1 Å². The van der Waals surface area contributed by atoms with E-state index in [1.807, 2.05) is 6.92 Å². The molecule has 11 heteroatoms. The van der Waals surface area contributed by atoms with Crippen molar-refractivity contribution in [2.24, 2.45) is 5.11 Å². The molecule has 1 aliphatic rings. The lowest BCUT2D eigenvalue weighted by Crippen LogP contribution is -2.56. The summed E-state index contributed by atoms with van der Waals surface area (Å²) in [6.45, 7) is 1.63. The summed E-state index contributed by atoms with van der Waals surface area (Å²) in [5.41, 5.74) is 10.0. The smallest absolute Gasteiger partial charge is 0.338 e. The largest absolute Gasteiger partial charge is 0.450 e. The van der Waals surface area contributed by atoms with Gasteiger partial charge in [-0.05, 0) is 36.7 Å². The third-order valence-corrected chi connectivity index (χ3v) is 5.96. The van der Waals surface area contributed by atoms with Gasteiger partial charge in [-0.15, -0.1) is 0 Å². The van der Waals surface area contributed by atoms with Crippen molar-refractivity contribution in [2.45, 2.75) is 36.4 Å². The summed E-state index contributed by atoms with van der Waals surface area (Å²) >= 11 is 0. The van der Waals surface area contributed by atoms with Gasteiger partial charge in [0.05, 0.1) is 23.1 Å². The predicted octanol–water partition coefficient (Wildman–Crippen LogP) is 2.98. The molecule has 3 rings (SSSR count). The molecule has 0 saturated carbocycles. The molecule has 0 spiro atoms. The molecule has 0 N–H and O–H groups in total. The van der Waals surface area contributed by atoms with Gasteiger partial charge in [-0.25, -0.2) is 4.79 Å². The third kappa shape index (κ3) is 5.40. The normalized spacial score (nSPS) is 23.5. The van der Waals surface area contributed by atoms with Gasteiger partial charge in [0.1, 0.15) is 6.10 Å². The molecule has 2 aromatic rings. The van der Waals surface area contributed by atoms with Crippen molar-refractivity contribution in [3.8, 4) is 0 Å². The van der Waals surface area contributed by atoms with Crippen LogP contribution >= 0.6 is 0 Å². The predicted molar refractivity (Wildman–Crippen MR) is 109 cm³/mol. The molecule has 1 saturated heterocycles. The molecule has 0 amide bonds. The molecule has 1 aliphatic heterocycles. The Morgan fingerprint density at radius 2 is 1.81 bits per heavy atom. The number of hydrogen-bond acceptors (Lipinski definition) is 8. The first kappa shape index (κ1) is 22.7. The Bertz CT molecular complexity index is 1050. The molecule has 0 bridgehead atoms. The van der Waals surface area contributed by atoms with Gasteiger partial charge in [0.25, 0.3) is 10.1 Å². The van der Waals surface area contributed by atoms with Crippen LogP contribution in [0.4, 0.5) is 0 Å². The fourth-order valence-electron chi connectivity index (χ4n) is 3.04. The minimum atomic E-state index is -4.28. The molecule has 31 heavy (non-hydrogen) atoms. The van der Waals surface area contributed by atoms with E-state index in [2.05, 4.69) is 10.0 Å². The van der Waals surface area contributed by atoms with E-state index in [1.165, 1.54) is 31.4 Å². The number of carbonyl (C=O) groups excluding carboxylic acids is 1. The van der Waals surface area contributed by atoms with Crippen LogP contribution in [0.3, 0.4) is 0 Å². The molecule has 164 valence electrons. The van der Waals surface area contributed by atoms with E-state index in [9.17, 15) is 13.2 Å².